The van der Waals surface area contributed by atoms with Crippen LogP contribution < -0.4 is 10.6 Å². The Morgan fingerprint density at radius 1 is 1.43 bits per heavy atom. The maximum Gasteiger partial charge on any atom is 0.264 e. The van der Waals surface area contributed by atoms with Gasteiger partial charge in [-0.15, -0.1) is 0 Å². The van der Waals surface area contributed by atoms with E-state index in [1.165, 1.54) is 0 Å². The van der Waals surface area contributed by atoms with Crippen molar-refractivity contribution in [2.24, 2.45) is 0 Å². The van der Waals surface area contributed by atoms with Gasteiger partial charge in [0.1, 0.15) is 0 Å². The summed E-state index contributed by atoms with van der Waals surface area (Å²) < 4.78 is 28.9. The summed E-state index contributed by atoms with van der Waals surface area (Å²) in [6.07, 6.45) is 0.290. The van der Waals surface area contributed by atoms with Gasteiger partial charge in [-0.3, -0.25) is 9.35 Å². The average Bonchev–Trinajstić information content (AvgIpc) is 2.02. The fourth-order valence-electron chi connectivity index (χ4n) is 0.841. The standard InChI is InChI=1S/C7H16N2O4S/c1-2-9-7(10)6-8-4-3-5-14(11,12)13/h8H,2-6H2,1H3,(H,9,10)(H,11,12,13). The van der Waals surface area contributed by atoms with E-state index in [0.717, 1.165) is 0 Å². The molecule has 0 aromatic carbocycles. The van der Waals surface area contributed by atoms with Crippen molar-refractivity contribution in [3.8, 4) is 0 Å². The third kappa shape index (κ3) is 9.43. The number of nitrogens with one attached hydrogen (secondary N) is 2. The van der Waals surface area contributed by atoms with E-state index in [1.54, 1.807) is 0 Å². The lowest BCUT2D eigenvalue weighted by Crippen LogP contribution is -2.34. The summed E-state index contributed by atoms with van der Waals surface area (Å²) in [5.74, 6) is -0.408. The van der Waals surface area contributed by atoms with Gasteiger partial charge in [-0.2, -0.15) is 8.42 Å². The van der Waals surface area contributed by atoms with Crippen LogP contribution in [-0.4, -0.2) is 44.3 Å². The number of rotatable bonds is 7. The highest BCUT2D eigenvalue weighted by molar-refractivity contribution is 7.85. The van der Waals surface area contributed by atoms with Gasteiger partial charge in [0.15, 0.2) is 0 Å². The Balaban J connectivity index is 3.34. The molecule has 0 saturated carbocycles. The van der Waals surface area contributed by atoms with Crippen LogP contribution in [0.5, 0.6) is 0 Å². The first-order valence-electron chi connectivity index (χ1n) is 4.38. The van der Waals surface area contributed by atoms with Crippen LogP contribution in [0.3, 0.4) is 0 Å². The van der Waals surface area contributed by atoms with Crippen molar-refractivity contribution in [2.75, 3.05) is 25.4 Å². The van der Waals surface area contributed by atoms with Crippen molar-refractivity contribution in [2.45, 2.75) is 13.3 Å². The first kappa shape index (κ1) is 13.3. The van der Waals surface area contributed by atoms with Gasteiger partial charge < -0.3 is 10.6 Å². The monoisotopic (exact) mass is 224 g/mol. The first-order valence-corrected chi connectivity index (χ1v) is 5.99. The van der Waals surface area contributed by atoms with Crippen molar-refractivity contribution in [1.82, 2.24) is 10.6 Å². The molecule has 0 bridgehead atoms. The average molecular weight is 224 g/mol. The van der Waals surface area contributed by atoms with Crippen LogP contribution in [0.2, 0.25) is 0 Å². The van der Waals surface area contributed by atoms with E-state index in [4.69, 9.17) is 4.55 Å². The van der Waals surface area contributed by atoms with Crippen molar-refractivity contribution < 1.29 is 17.8 Å². The molecule has 0 aromatic rings. The largest absolute Gasteiger partial charge is 0.355 e. The van der Waals surface area contributed by atoms with Gasteiger partial charge in [-0.05, 0) is 19.9 Å². The van der Waals surface area contributed by atoms with Gasteiger partial charge in [-0.25, -0.2) is 0 Å². The predicted molar refractivity (Wildman–Crippen MR) is 52.6 cm³/mol. The van der Waals surface area contributed by atoms with Gasteiger partial charge in [0, 0.05) is 6.54 Å². The molecule has 1 amide bonds. The van der Waals surface area contributed by atoms with E-state index in [2.05, 4.69) is 10.6 Å². The minimum absolute atomic E-state index is 0.126. The zero-order valence-corrected chi connectivity index (χ0v) is 8.93. The summed E-state index contributed by atoms with van der Waals surface area (Å²) in [7, 11) is -3.88. The van der Waals surface area contributed by atoms with E-state index in [9.17, 15) is 13.2 Å². The molecule has 0 fully saturated rings. The smallest absolute Gasteiger partial charge is 0.264 e. The van der Waals surface area contributed by atoms with Crippen LogP contribution in [0.15, 0.2) is 0 Å². The van der Waals surface area contributed by atoms with E-state index in [-0.39, 0.29) is 24.6 Å². The molecule has 0 rings (SSSR count). The van der Waals surface area contributed by atoms with Gasteiger partial charge >= 0.3 is 0 Å². The molecule has 0 aromatic heterocycles. The number of carbonyl (C=O) groups is 1. The Kier molecular flexibility index (Phi) is 6.43. The summed E-state index contributed by atoms with van der Waals surface area (Å²) in [5, 5.41) is 5.34. The molecule has 7 heteroatoms. The molecule has 0 spiro atoms. The highest BCUT2D eigenvalue weighted by Crippen LogP contribution is 1.85. The SMILES string of the molecule is CCNC(=O)CNCCCS(=O)(=O)O. The zero-order chi connectivity index (χ0) is 11.0. The molecular weight excluding hydrogens is 208 g/mol. The third-order valence-electron chi connectivity index (χ3n) is 1.42. The second-order valence-electron chi connectivity index (χ2n) is 2.77. The van der Waals surface area contributed by atoms with Gasteiger partial charge in [0.2, 0.25) is 5.91 Å². The number of carbonyl (C=O) groups excluding carboxylic acids is 1. The van der Waals surface area contributed by atoms with Crippen molar-refractivity contribution in [1.29, 1.82) is 0 Å². The molecule has 0 aliphatic heterocycles. The maximum absolute atomic E-state index is 10.9. The van der Waals surface area contributed by atoms with Gasteiger partial charge in [0.25, 0.3) is 10.1 Å². The fourth-order valence-corrected chi connectivity index (χ4v) is 1.35. The van der Waals surface area contributed by atoms with Crippen LogP contribution in [-0.2, 0) is 14.9 Å². The second kappa shape index (κ2) is 6.74. The van der Waals surface area contributed by atoms with Crippen LogP contribution >= 0.6 is 0 Å². The molecule has 0 aliphatic carbocycles. The van der Waals surface area contributed by atoms with Crippen LogP contribution in [0.25, 0.3) is 0 Å². The summed E-state index contributed by atoms with van der Waals surface area (Å²) >= 11 is 0. The number of amides is 1. The molecule has 3 N–H and O–H groups in total. The van der Waals surface area contributed by atoms with Crippen molar-refractivity contribution in [3.05, 3.63) is 0 Å². The lowest BCUT2D eigenvalue weighted by atomic mass is 10.4. The molecule has 0 atom stereocenters. The van der Waals surface area contributed by atoms with E-state index in [0.29, 0.717) is 13.1 Å². The Labute approximate surface area is 83.8 Å². The van der Waals surface area contributed by atoms with E-state index in [1.807, 2.05) is 6.92 Å². The molecule has 0 unspecified atom stereocenters. The van der Waals surface area contributed by atoms with Crippen LogP contribution in [0, 0.1) is 0 Å². The second-order valence-corrected chi connectivity index (χ2v) is 4.34. The molecule has 14 heavy (non-hydrogen) atoms. The molecule has 84 valence electrons. The minimum Gasteiger partial charge on any atom is -0.355 e. The highest BCUT2D eigenvalue weighted by atomic mass is 32.2. The third-order valence-corrected chi connectivity index (χ3v) is 2.22. The molecule has 6 nitrogen and oxygen atoms in total. The summed E-state index contributed by atoms with van der Waals surface area (Å²) in [4.78, 5) is 10.9. The van der Waals surface area contributed by atoms with Gasteiger partial charge in [-0.1, -0.05) is 0 Å². The molecule has 0 heterocycles. The molecular formula is C7H16N2O4S. The Morgan fingerprint density at radius 3 is 2.57 bits per heavy atom. The zero-order valence-electron chi connectivity index (χ0n) is 8.12. The predicted octanol–water partition coefficient (Wildman–Crippen LogP) is -1.01. The Hall–Kier alpha value is -0.660. The van der Waals surface area contributed by atoms with Crippen LogP contribution in [0.4, 0.5) is 0 Å². The summed E-state index contributed by atoms with van der Waals surface area (Å²) in [5.41, 5.74) is 0. The summed E-state index contributed by atoms with van der Waals surface area (Å²) in [6, 6.07) is 0. The topological polar surface area (TPSA) is 95.5 Å². The number of likely N-dealkylation sites (N-methyl/N-ethyl adjacent to an activating group) is 1. The fraction of sp³-hybridized carbons (Fsp3) is 0.857. The number of hydrogen-bond acceptors (Lipinski definition) is 4. The lowest BCUT2D eigenvalue weighted by Gasteiger charge is -2.03. The lowest BCUT2D eigenvalue weighted by molar-refractivity contribution is -0.120. The Morgan fingerprint density at radius 2 is 2.07 bits per heavy atom. The maximum atomic E-state index is 10.9. The van der Waals surface area contributed by atoms with Crippen LogP contribution in [0.1, 0.15) is 13.3 Å². The number of hydrogen-bond donors (Lipinski definition) is 3. The summed E-state index contributed by atoms with van der Waals surface area (Å²) in [6.45, 7) is 2.94. The quantitative estimate of drug-likeness (QED) is 0.380. The molecule has 0 radical (unpaired) electrons. The van der Waals surface area contributed by atoms with Crippen molar-refractivity contribution in [3.63, 3.8) is 0 Å². The van der Waals surface area contributed by atoms with E-state index < -0.39 is 10.1 Å². The minimum atomic E-state index is -3.88. The molecule has 0 saturated heterocycles. The first-order chi connectivity index (χ1) is 6.45. The normalized spacial score (nSPS) is 11.3. The van der Waals surface area contributed by atoms with Crippen molar-refractivity contribution >= 4 is 16.0 Å². The Bertz CT molecular complexity index is 263. The van der Waals surface area contributed by atoms with E-state index >= 15 is 0 Å². The molecule has 0 aliphatic rings. The highest BCUT2D eigenvalue weighted by Gasteiger charge is 2.03. The van der Waals surface area contributed by atoms with Gasteiger partial charge in [0.05, 0.1) is 12.3 Å².